The third kappa shape index (κ3) is 5.39. The summed E-state index contributed by atoms with van der Waals surface area (Å²) in [6.07, 6.45) is 5.30. The highest BCUT2D eigenvalue weighted by Crippen LogP contribution is 2.49. The molecule has 37 heavy (non-hydrogen) atoms. The Morgan fingerprint density at radius 3 is 1.70 bits per heavy atom. The SMILES string of the molecule is CCCCC1CCC(C)C1C(=O)C(C(=O)OCC)=P(c1ccccc1)(c1ccccc1)c1ccccc1. The Hall–Kier alpha value is -2.90. The zero-order valence-electron chi connectivity index (χ0n) is 22.3. The van der Waals surface area contributed by atoms with Crippen molar-refractivity contribution in [2.24, 2.45) is 17.8 Å². The van der Waals surface area contributed by atoms with Crippen LogP contribution in [0.1, 0.15) is 52.9 Å². The van der Waals surface area contributed by atoms with Crippen LogP contribution in [0.15, 0.2) is 91.0 Å². The molecule has 0 aromatic heterocycles. The molecule has 0 amide bonds. The van der Waals surface area contributed by atoms with Crippen LogP contribution in [0.3, 0.4) is 0 Å². The Balaban J connectivity index is 2.14. The van der Waals surface area contributed by atoms with Gasteiger partial charge in [0, 0.05) is 5.92 Å². The second-order valence-corrected chi connectivity index (χ2v) is 13.4. The molecule has 1 saturated carbocycles. The first-order valence-corrected chi connectivity index (χ1v) is 15.5. The maximum Gasteiger partial charge on any atom is 0.342 e. The lowest BCUT2D eigenvalue weighted by Gasteiger charge is -2.33. The van der Waals surface area contributed by atoms with Crippen molar-refractivity contribution in [3.05, 3.63) is 91.0 Å². The van der Waals surface area contributed by atoms with Gasteiger partial charge in [-0.1, -0.05) is 118 Å². The molecule has 194 valence electrons. The van der Waals surface area contributed by atoms with E-state index in [0.717, 1.165) is 48.0 Å². The van der Waals surface area contributed by atoms with E-state index >= 15 is 0 Å². The van der Waals surface area contributed by atoms with Gasteiger partial charge in [-0.2, -0.15) is 0 Å². The summed E-state index contributed by atoms with van der Waals surface area (Å²) in [4.78, 5) is 29.0. The number of hydrogen-bond acceptors (Lipinski definition) is 3. The number of ether oxygens (including phenoxy) is 1. The van der Waals surface area contributed by atoms with Crippen molar-refractivity contribution >= 4 is 39.8 Å². The molecule has 0 N–H and O–H groups in total. The largest absolute Gasteiger partial charge is 0.462 e. The molecule has 3 aromatic carbocycles. The summed E-state index contributed by atoms with van der Waals surface area (Å²) in [5.41, 5.74) is 0. The highest BCUT2D eigenvalue weighted by Gasteiger charge is 2.45. The predicted molar refractivity (Wildman–Crippen MR) is 157 cm³/mol. The molecule has 0 saturated heterocycles. The topological polar surface area (TPSA) is 43.4 Å². The molecule has 0 spiro atoms. The molecule has 4 rings (SSSR count). The van der Waals surface area contributed by atoms with Crippen LogP contribution >= 0.6 is 6.89 Å². The van der Waals surface area contributed by atoms with Gasteiger partial charge in [0.05, 0.1) is 6.61 Å². The number of carbonyl (C=O) groups is 2. The molecule has 1 fully saturated rings. The lowest BCUT2D eigenvalue weighted by Crippen LogP contribution is -2.42. The Kier molecular flexibility index (Phi) is 9.22. The Labute approximate surface area is 222 Å². The number of unbranched alkanes of at least 4 members (excludes halogenated alkanes) is 1. The summed E-state index contributed by atoms with van der Waals surface area (Å²) in [5.74, 6) is -0.0965. The summed E-state index contributed by atoms with van der Waals surface area (Å²) in [6.45, 7) is 3.58. The number of benzene rings is 3. The molecule has 0 aliphatic heterocycles. The third-order valence-electron chi connectivity index (χ3n) is 7.81. The normalized spacial score (nSPS) is 19.4. The second kappa shape index (κ2) is 12.6. The summed E-state index contributed by atoms with van der Waals surface area (Å²) < 4.78 is 5.74. The fourth-order valence-corrected chi connectivity index (χ4v) is 10.5. The van der Waals surface area contributed by atoms with Crippen molar-refractivity contribution in [1.82, 2.24) is 0 Å². The highest BCUT2D eigenvalue weighted by molar-refractivity contribution is 7.97. The van der Waals surface area contributed by atoms with Gasteiger partial charge in [0.25, 0.3) is 0 Å². The minimum atomic E-state index is -2.84. The number of carbonyl (C=O) groups excluding carboxylic acids is 2. The highest BCUT2D eigenvalue weighted by atomic mass is 31.2. The maximum absolute atomic E-state index is 14.9. The van der Waals surface area contributed by atoms with Crippen LogP contribution in [0, 0.1) is 17.8 Å². The van der Waals surface area contributed by atoms with Gasteiger partial charge in [0.1, 0.15) is 5.29 Å². The second-order valence-electron chi connectivity index (χ2n) is 10.1. The molecule has 0 bridgehead atoms. The van der Waals surface area contributed by atoms with Crippen molar-refractivity contribution in [1.29, 1.82) is 0 Å². The van der Waals surface area contributed by atoms with Crippen LogP contribution in [-0.4, -0.2) is 23.7 Å². The van der Waals surface area contributed by atoms with Crippen LogP contribution in [0.25, 0.3) is 0 Å². The van der Waals surface area contributed by atoms with Crippen LogP contribution in [-0.2, 0) is 14.3 Å². The zero-order chi connectivity index (χ0) is 26.3. The first-order valence-electron chi connectivity index (χ1n) is 13.7. The van der Waals surface area contributed by atoms with E-state index in [1.165, 1.54) is 0 Å². The molecule has 3 atom stereocenters. The Morgan fingerprint density at radius 1 is 0.784 bits per heavy atom. The third-order valence-corrected chi connectivity index (χ3v) is 12.1. The molecular weight excluding hydrogens is 475 g/mol. The summed E-state index contributed by atoms with van der Waals surface area (Å²) >= 11 is 0. The molecule has 3 aromatic rings. The Bertz CT molecular complexity index is 1130. The number of rotatable bonds is 10. The van der Waals surface area contributed by atoms with Crippen LogP contribution < -0.4 is 15.9 Å². The van der Waals surface area contributed by atoms with Crippen molar-refractivity contribution in [3.63, 3.8) is 0 Å². The smallest absolute Gasteiger partial charge is 0.342 e. The van der Waals surface area contributed by atoms with E-state index in [-0.39, 0.29) is 24.2 Å². The van der Waals surface area contributed by atoms with Crippen LogP contribution in [0.4, 0.5) is 0 Å². The minimum Gasteiger partial charge on any atom is -0.462 e. The fraction of sp³-hybridized carbons (Fsp3) is 0.364. The average Bonchev–Trinajstić information content (AvgIpc) is 3.31. The summed E-state index contributed by atoms with van der Waals surface area (Å²) in [6, 6.07) is 30.4. The molecule has 0 heterocycles. The molecule has 4 heteroatoms. The monoisotopic (exact) mass is 514 g/mol. The first-order chi connectivity index (χ1) is 18.1. The van der Waals surface area contributed by atoms with E-state index in [1.807, 2.05) is 61.5 Å². The first kappa shape index (κ1) is 27.1. The Morgan fingerprint density at radius 2 is 1.27 bits per heavy atom. The molecular formula is C33H39O3P. The lowest BCUT2D eigenvalue weighted by atomic mass is 9.82. The van der Waals surface area contributed by atoms with Crippen molar-refractivity contribution < 1.29 is 14.3 Å². The fourth-order valence-electron chi connectivity index (χ4n) is 6.11. The number of hydrogen-bond donors (Lipinski definition) is 0. The predicted octanol–water partition coefficient (Wildman–Crippen LogP) is 6.14. The summed E-state index contributed by atoms with van der Waals surface area (Å²) in [5, 5.41) is 3.34. The van der Waals surface area contributed by atoms with Gasteiger partial charge >= 0.3 is 5.97 Å². The van der Waals surface area contributed by atoms with Gasteiger partial charge in [-0.05, 0) is 60.8 Å². The van der Waals surface area contributed by atoms with Gasteiger partial charge < -0.3 is 4.74 Å². The lowest BCUT2D eigenvalue weighted by molar-refractivity contribution is -0.135. The van der Waals surface area contributed by atoms with E-state index in [0.29, 0.717) is 11.2 Å². The van der Waals surface area contributed by atoms with Crippen molar-refractivity contribution in [2.45, 2.75) is 52.9 Å². The van der Waals surface area contributed by atoms with Gasteiger partial charge in [-0.3, -0.25) is 4.79 Å². The quantitative estimate of drug-likeness (QED) is 0.186. The minimum absolute atomic E-state index is 0.00514. The van der Waals surface area contributed by atoms with Crippen molar-refractivity contribution in [3.8, 4) is 0 Å². The van der Waals surface area contributed by atoms with Crippen molar-refractivity contribution in [2.75, 3.05) is 6.61 Å². The van der Waals surface area contributed by atoms with Gasteiger partial charge in [-0.15, -0.1) is 0 Å². The molecule has 1 aliphatic carbocycles. The van der Waals surface area contributed by atoms with E-state index in [9.17, 15) is 9.59 Å². The zero-order valence-corrected chi connectivity index (χ0v) is 23.2. The van der Waals surface area contributed by atoms with Gasteiger partial charge in [-0.25, -0.2) is 4.79 Å². The number of ketones is 1. The van der Waals surface area contributed by atoms with Gasteiger partial charge in [0.15, 0.2) is 5.78 Å². The van der Waals surface area contributed by atoms with E-state index < -0.39 is 12.9 Å². The van der Waals surface area contributed by atoms with Crippen LogP contribution in [0.5, 0.6) is 0 Å². The average molecular weight is 515 g/mol. The number of Topliss-reactive ketones (excluding diaryl/α,β-unsaturated/α-hetero) is 1. The maximum atomic E-state index is 14.9. The molecule has 3 nitrogen and oxygen atoms in total. The van der Waals surface area contributed by atoms with E-state index in [2.05, 4.69) is 50.2 Å². The number of esters is 1. The molecule has 1 aliphatic rings. The van der Waals surface area contributed by atoms with E-state index in [1.54, 1.807) is 0 Å². The standard InChI is InChI=1S/C33H39O3P/c1-4-6-16-26-24-23-25(3)30(26)31(34)32(33(35)36-5-2)37(27-17-10-7-11-18-27,28-19-12-8-13-20-28)29-21-14-9-15-22-29/h7-15,17-22,25-26,30H,4-6,16,23-24H2,1-3H3. The van der Waals surface area contributed by atoms with Gasteiger partial charge in [0.2, 0.25) is 0 Å². The molecule has 0 radical (unpaired) electrons. The van der Waals surface area contributed by atoms with E-state index in [4.69, 9.17) is 4.74 Å². The molecule has 3 unspecified atom stereocenters. The van der Waals surface area contributed by atoms with Crippen LogP contribution in [0.2, 0.25) is 0 Å². The summed E-state index contributed by atoms with van der Waals surface area (Å²) in [7, 11) is 0.